The topological polar surface area (TPSA) is 73.8 Å². The van der Waals surface area contributed by atoms with Crippen molar-refractivity contribution in [3.05, 3.63) is 26.3 Å². The third kappa shape index (κ3) is 1.57. The molecule has 0 saturated carbocycles. The lowest BCUT2D eigenvalue weighted by Crippen LogP contribution is -2.02. The van der Waals surface area contributed by atoms with Crippen LogP contribution < -0.4 is 0 Å². The second kappa shape index (κ2) is 3.82. The molecule has 2 aromatic heterocycles. The average molecular weight is 285 g/mol. The molecule has 16 heavy (non-hydrogen) atoms. The number of rotatable bonds is 2. The molecule has 2 heterocycles. The zero-order chi connectivity index (χ0) is 11.9. The molecule has 0 aliphatic carbocycles. The molecule has 0 saturated heterocycles. The van der Waals surface area contributed by atoms with Gasteiger partial charge in [-0.1, -0.05) is 5.10 Å². The summed E-state index contributed by atoms with van der Waals surface area (Å²) in [4.78, 5) is 14.7. The molecule has 84 valence electrons. The molecule has 0 atom stereocenters. The Kier molecular flexibility index (Phi) is 2.63. The van der Waals surface area contributed by atoms with Crippen LogP contribution in [0.3, 0.4) is 0 Å². The van der Waals surface area contributed by atoms with E-state index in [9.17, 15) is 10.1 Å². The van der Waals surface area contributed by atoms with Crippen LogP contribution in [-0.2, 0) is 6.54 Å². The lowest BCUT2D eigenvalue weighted by Gasteiger charge is -1.96. The largest absolute Gasteiger partial charge is 0.358 e. The van der Waals surface area contributed by atoms with Crippen molar-refractivity contribution < 1.29 is 4.92 Å². The normalized spacial score (nSPS) is 10.9. The summed E-state index contributed by atoms with van der Waals surface area (Å²) in [5, 5.41) is 15.5. The summed E-state index contributed by atoms with van der Waals surface area (Å²) in [6, 6.07) is 1.69. The predicted molar refractivity (Wildman–Crippen MR) is 62.3 cm³/mol. The minimum absolute atomic E-state index is 0.00861. The zero-order valence-corrected chi connectivity index (χ0v) is 10.4. The van der Waals surface area contributed by atoms with Gasteiger partial charge in [-0.3, -0.25) is 0 Å². The molecule has 7 heteroatoms. The second-order valence-corrected chi connectivity index (χ2v) is 4.18. The molecule has 0 amide bonds. The maximum Gasteiger partial charge on any atom is 0.354 e. The van der Waals surface area contributed by atoms with Crippen LogP contribution in [0.15, 0.2) is 10.5 Å². The van der Waals surface area contributed by atoms with Crippen LogP contribution in [0, 0.1) is 17.0 Å². The maximum atomic E-state index is 11.0. The Balaban J connectivity index is 2.84. The molecule has 0 N–H and O–H groups in total. The van der Waals surface area contributed by atoms with Crippen molar-refractivity contribution in [3.8, 4) is 0 Å². The van der Waals surface area contributed by atoms with Gasteiger partial charge in [-0.2, -0.15) is 0 Å². The third-order valence-corrected chi connectivity index (χ3v) is 3.11. The Morgan fingerprint density at radius 3 is 2.88 bits per heavy atom. The molecular weight excluding hydrogens is 276 g/mol. The maximum absolute atomic E-state index is 11.0. The van der Waals surface area contributed by atoms with Crippen LogP contribution in [0.4, 0.5) is 5.82 Å². The Labute approximate surface area is 99.6 Å². The van der Waals surface area contributed by atoms with Gasteiger partial charge < -0.3 is 10.1 Å². The number of pyridine rings is 1. The van der Waals surface area contributed by atoms with E-state index in [1.165, 1.54) is 4.68 Å². The van der Waals surface area contributed by atoms with Crippen molar-refractivity contribution in [3.63, 3.8) is 0 Å². The second-order valence-electron chi connectivity index (χ2n) is 3.32. The standard InChI is InChI=1S/C9H9BrN4O2/c1-3-13-9(14(15)16)6-4-7(10)5(2)11-8(6)12-13/h4H,3H2,1-2H3. The molecule has 0 radical (unpaired) electrons. The van der Waals surface area contributed by atoms with Gasteiger partial charge in [-0.05, 0) is 40.8 Å². The predicted octanol–water partition coefficient (Wildman–Crippen LogP) is 2.43. The van der Waals surface area contributed by atoms with Gasteiger partial charge in [-0.15, -0.1) is 4.68 Å². The minimum atomic E-state index is -0.428. The van der Waals surface area contributed by atoms with Gasteiger partial charge in [-0.25, -0.2) is 4.98 Å². The van der Waals surface area contributed by atoms with Gasteiger partial charge in [0.1, 0.15) is 11.9 Å². The fraction of sp³-hybridized carbons (Fsp3) is 0.333. The smallest absolute Gasteiger partial charge is 0.354 e. The Morgan fingerprint density at radius 2 is 2.31 bits per heavy atom. The van der Waals surface area contributed by atoms with Crippen molar-refractivity contribution in [2.24, 2.45) is 0 Å². The van der Waals surface area contributed by atoms with Gasteiger partial charge in [0.05, 0.1) is 5.69 Å². The Morgan fingerprint density at radius 1 is 1.62 bits per heavy atom. The zero-order valence-electron chi connectivity index (χ0n) is 8.77. The summed E-state index contributed by atoms with van der Waals surface area (Å²) in [5.41, 5.74) is 1.18. The molecular formula is C9H9BrN4O2. The first-order valence-corrected chi connectivity index (χ1v) is 5.52. The first-order chi connectivity index (χ1) is 7.54. The molecule has 0 aliphatic heterocycles. The van der Waals surface area contributed by atoms with Gasteiger partial charge in [0.15, 0.2) is 0 Å². The SMILES string of the molecule is CCn1nc2nc(C)c(Br)cc2c1[N+](=O)[O-]. The number of aryl methyl sites for hydroxylation is 2. The fourth-order valence-corrected chi connectivity index (χ4v) is 1.84. The molecule has 2 rings (SSSR count). The van der Waals surface area contributed by atoms with E-state index >= 15 is 0 Å². The van der Waals surface area contributed by atoms with E-state index in [1.54, 1.807) is 13.0 Å². The molecule has 2 aromatic rings. The summed E-state index contributed by atoms with van der Waals surface area (Å²) in [7, 11) is 0. The monoisotopic (exact) mass is 284 g/mol. The lowest BCUT2D eigenvalue weighted by atomic mass is 10.3. The third-order valence-electron chi connectivity index (χ3n) is 2.30. The fourth-order valence-electron chi connectivity index (χ4n) is 1.52. The highest BCUT2D eigenvalue weighted by atomic mass is 79.9. The van der Waals surface area contributed by atoms with Crippen molar-refractivity contribution >= 4 is 32.8 Å². The Hall–Kier alpha value is -1.50. The van der Waals surface area contributed by atoms with E-state index in [1.807, 2.05) is 6.92 Å². The van der Waals surface area contributed by atoms with E-state index in [-0.39, 0.29) is 5.82 Å². The minimum Gasteiger partial charge on any atom is -0.358 e. The van der Waals surface area contributed by atoms with Gasteiger partial charge in [0.2, 0.25) is 5.65 Å². The van der Waals surface area contributed by atoms with E-state index < -0.39 is 4.92 Å². The number of nitro groups is 1. The summed E-state index contributed by atoms with van der Waals surface area (Å²) in [5.74, 6) is -0.00861. The summed E-state index contributed by atoms with van der Waals surface area (Å²) < 4.78 is 2.10. The molecule has 0 unspecified atom stereocenters. The molecule has 0 spiro atoms. The number of nitrogens with zero attached hydrogens (tertiary/aromatic N) is 4. The summed E-state index contributed by atoms with van der Waals surface area (Å²) in [6.07, 6.45) is 0. The van der Waals surface area contributed by atoms with Crippen LogP contribution in [0.25, 0.3) is 11.0 Å². The molecule has 0 aromatic carbocycles. The van der Waals surface area contributed by atoms with E-state index in [2.05, 4.69) is 26.0 Å². The van der Waals surface area contributed by atoms with Crippen LogP contribution >= 0.6 is 15.9 Å². The highest BCUT2D eigenvalue weighted by molar-refractivity contribution is 9.10. The number of hydrogen-bond donors (Lipinski definition) is 0. The van der Waals surface area contributed by atoms with Crippen molar-refractivity contribution in [1.82, 2.24) is 14.8 Å². The van der Waals surface area contributed by atoms with Crippen LogP contribution in [0.2, 0.25) is 0 Å². The van der Waals surface area contributed by atoms with Gasteiger partial charge in [0, 0.05) is 4.47 Å². The molecule has 0 aliphatic rings. The highest BCUT2D eigenvalue weighted by Crippen LogP contribution is 2.28. The lowest BCUT2D eigenvalue weighted by molar-refractivity contribution is -0.390. The quantitative estimate of drug-likeness (QED) is 0.627. The summed E-state index contributed by atoms with van der Waals surface area (Å²) in [6.45, 7) is 4.07. The number of halogens is 1. The number of hydrogen-bond acceptors (Lipinski definition) is 4. The van der Waals surface area contributed by atoms with E-state index in [4.69, 9.17) is 0 Å². The highest BCUT2D eigenvalue weighted by Gasteiger charge is 2.22. The number of aromatic nitrogens is 3. The van der Waals surface area contributed by atoms with Crippen molar-refractivity contribution in [1.29, 1.82) is 0 Å². The van der Waals surface area contributed by atoms with Crippen LogP contribution in [0.1, 0.15) is 12.6 Å². The van der Waals surface area contributed by atoms with Crippen LogP contribution in [0.5, 0.6) is 0 Å². The summed E-state index contributed by atoms with van der Waals surface area (Å²) >= 11 is 3.31. The molecule has 0 fully saturated rings. The Bertz CT molecular complexity index is 578. The van der Waals surface area contributed by atoms with Gasteiger partial charge >= 0.3 is 5.82 Å². The van der Waals surface area contributed by atoms with Gasteiger partial charge in [0.25, 0.3) is 0 Å². The molecule has 0 bridgehead atoms. The van der Waals surface area contributed by atoms with E-state index in [0.29, 0.717) is 17.6 Å². The van der Waals surface area contributed by atoms with Crippen molar-refractivity contribution in [2.75, 3.05) is 0 Å². The number of fused-ring (bicyclic) bond motifs is 1. The van der Waals surface area contributed by atoms with Crippen LogP contribution in [-0.4, -0.2) is 19.7 Å². The molecule has 6 nitrogen and oxygen atoms in total. The average Bonchev–Trinajstić information content (AvgIpc) is 2.56. The van der Waals surface area contributed by atoms with Crippen molar-refractivity contribution in [2.45, 2.75) is 20.4 Å². The van der Waals surface area contributed by atoms with E-state index in [0.717, 1.165) is 10.2 Å². The first kappa shape index (κ1) is 11.0. The first-order valence-electron chi connectivity index (χ1n) is 4.72.